The quantitative estimate of drug-likeness (QED) is 0.478. The number of benzene rings is 2. The largest absolute Gasteiger partial charge is 0.573 e. The number of halogens is 5. The number of rotatable bonds is 5. The summed E-state index contributed by atoms with van der Waals surface area (Å²) in [6, 6.07) is 6.53. The summed E-state index contributed by atoms with van der Waals surface area (Å²) in [7, 11) is 0. The van der Waals surface area contributed by atoms with Gasteiger partial charge in [-0.25, -0.2) is 9.18 Å². The third-order valence-corrected chi connectivity index (χ3v) is 5.90. The number of alkyl halides is 3. The van der Waals surface area contributed by atoms with Crippen LogP contribution in [0.4, 0.5) is 17.6 Å². The fourth-order valence-corrected chi connectivity index (χ4v) is 4.49. The van der Waals surface area contributed by atoms with Gasteiger partial charge in [0.05, 0.1) is 22.8 Å². The molecule has 0 spiro atoms. The van der Waals surface area contributed by atoms with Crippen LogP contribution in [-0.2, 0) is 6.54 Å². The monoisotopic (exact) mass is 485 g/mol. The lowest BCUT2D eigenvalue weighted by Crippen LogP contribution is -2.34. The minimum Gasteiger partial charge on any atom is -0.478 e. The summed E-state index contributed by atoms with van der Waals surface area (Å²) < 4.78 is 57.6. The van der Waals surface area contributed by atoms with Crippen molar-refractivity contribution in [3.8, 4) is 5.75 Å². The van der Waals surface area contributed by atoms with Crippen LogP contribution in [0.2, 0.25) is 5.02 Å². The lowest BCUT2D eigenvalue weighted by atomic mass is 10.0. The number of ether oxygens (including phenoxy) is 1. The molecule has 1 saturated heterocycles. The SMILES string of the molecule is Cc1nn(C2CCN(Cc3cc(Cl)cc(OC(F)(F)F)c3)CC2)c2cc(F)c(C(=O)O)cc12. The summed E-state index contributed by atoms with van der Waals surface area (Å²) in [5.41, 5.74) is 1.36. The Bertz CT molecular complexity index is 1200. The van der Waals surface area contributed by atoms with Gasteiger partial charge in [-0.15, -0.1) is 13.2 Å². The van der Waals surface area contributed by atoms with Gasteiger partial charge >= 0.3 is 12.3 Å². The lowest BCUT2D eigenvalue weighted by Gasteiger charge is -2.32. The Balaban J connectivity index is 1.47. The van der Waals surface area contributed by atoms with Crippen molar-refractivity contribution in [1.29, 1.82) is 0 Å². The van der Waals surface area contributed by atoms with Crippen LogP contribution in [-0.4, -0.2) is 45.2 Å². The zero-order valence-electron chi connectivity index (χ0n) is 17.5. The average molecular weight is 486 g/mol. The van der Waals surface area contributed by atoms with Crippen molar-refractivity contribution in [2.75, 3.05) is 13.1 Å². The number of fused-ring (bicyclic) bond motifs is 1. The first-order valence-electron chi connectivity index (χ1n) is 10.2. The molecule has 2 heterocycles. The van der Waals surface area contributed by atoms with Crippen molar-refractivity contribution in [3.63, 3.8) is 0 Å². The summed E-state index contributed by atoms with van der Waals surface area (Å²) >= 11 is 5.96. The van der Waals surface area contributed by atoms with Crippen LogP contribution in [0.25, 0.3) is 10.9 Å². The minimum absolute atomic E-state index is 0.0176. The molecule has 0 aliphatic carbocycles. The maximum absolute atomic E-state index is 14.3. The number of hydrogen-bond acceptors (Lipinski definition) is 4. The van der Waals surface area contributed by atoms with Gasteiger partial charge in [0.25, 0.3) is 0 Å². The second kappa shape index (κ2) is 8.83. The number of carbonyl (C=O) groups is 1. The number of aromatic nitrogens is 2. The molecule has 0 saturated carbocycles. The topological polar surface area (TPSA) is 67.6 Å². The number of likely N-dealkylation sites (tertiary alicyclic amines) is 1. The molecule has 176 valence electrons. The zero-order valence-corrected chi connectivity index (χ0v) is 18.3. The highest BCUT2D eigenvalue weighted by Crippen LogP contribution is 2.31. The summed E-state index contributed by atoms with van der Waals surface area (Å²) in [6.45, 7) is 3.43. The summed E-state index contributed by atoms with van der Waals surface area (Å²) in [4.78, 5) is 13.3. The van der Waals surface area contributed by atoms with E-state index in [9.17, 15) is 22.4 Å². The number of piperidine rings is 1. The first-order valence-corrected chi connectivity index (χ1v) is 10.6. The van der Waals surface area contributed by atoms with E-state index in [0.29, 0.717) is 54.6 Å². The van der Waals surface area contributed by atoms with Crippen LogP contribution < -0.4 is 4.74 Å². The number of aromatic carboxylic acids is 1. The molecule has 1 N–H and O–H groups in total. The first-order chi connectivity index (χ1) is 15.5. The second-order valence-corrected chi connectivity index (χ2v) is 8.47. The van der Waals surface area contributed by atoms with E-state index >= 15 is 0 Å². The van der Waals surface area contributed by atoms with Gasteiger partial charge in [-0.3, -0.25) is 9.58 Å². The van der Waals surface area contributed by atoms with E-state index in [1.165, 1.54) is 18.2 Å². The molecule has 6 nitrogen and oxygen atoms in total. The molecule has 1 aromatic heterocycles. The van der Waals surface area contributed by atoms with Gasteiger partial charge in [-0.2, -0.15) is 5.10 Å². The maximum Gasteiger partial charge on any atom is 0.573 e. The van der Waals surface area contributed by atoms with Gasteiger partial charge in [0.2, 0.25) is 0 Å². The standard InChI is InChI=1S/C22H20ClF4N3O3/c1-12-17-9-18(21(31)32)19(24)10-20(17)30(28-12)15-2-4-29(5-3-15)11-13-6-14(23)8-16(7-13)33-22(25,26)27/h6-10,15H,2-5,11H2,1H3,(H,31,32). The van der Waals surface area contributed by atoms with Crippen LogP contribution in [0.1, 0.15) is 40.5 Å². The molecule has 1 aliphatic heterocycles. The van der Waals surface area contributed by atoms with Crippen LogP contribution in [0.5, 0.6) is 5.75 Å². The van der Waals surface area contributed by atoms with Crippen molar-refractivity contribution >= 4 is 28.5 Å². The molecule has 4 rings (SSSR count). The van der Waals surface area contributed by atoms with E-state index in [1.807, 2.05) is 0 Å². The van der Waals surface area contributed by atoms with Crippen molar-refractivity contribution in [2.24, 2.45) is 0 Å². The third-order valence-electron chi connectivity index (χ3n) is 5.68. The second-order valence-electron chi connectivity index (χ2n) is 8.03. The van der Waals surface area contributed by atoms with Crippen LogP contribution in [0, 0.1) is 12.7 Å². The molecule has 1 fully saturated rings. The van der Waals surface area contributed by atoms with Crippen LogP contribution in [0.15, 0.2) is 30.3 Å². The molecule has 33 heavy (non-hydrogen) atoms. The van der Waals surface area contributed by atoms with Crippen LogP contribution in [0.3, 0.4) is 0 Å². The first kappa shape index (κ1) is 23.3. The van der Waals surface area contributed by atoms with Crippen molar-refractivity contribution in [1.82, 2.24) is 14.7 Å². The molecule has 1 aliphatic rings. The molecule has 0 bridgehead atoms. The smallest absolute Gasteiger partial charge is 0.478 e. The summed E-state index contributed by atoms with van der Waals surface area (Å²) in [5, 5.41) is 14.4. The van der Waals surface area contributed by atoms with Gasteiger partial charge in [0, 0.05) is 36.1 Å². The van der Waals surface area contributed by atoms with Crippen molar-refractivity contribution in [2.45, 2.75) is 38.7 Å². The fraction of sp³-hybridized carbons (Fsp3) is 0.364. The number of carboxylic acid groups (broad SMARTS) is 1. The van der Waals surface area contributed by atoms with E-state index in [-0.39, 0.29) is 16.8 Å². The molecule has 0 amide bonds. The van der Waals surface area contributed by atoms with Gasteiger partial charge in [-0.05, 0) is 49.6 Å². The van der Waals surface area contributed by atoms with Gasteiger partial charge in [-0.1, -0.05) is 11.6 Å². The van der Waals surface area contributed by atoms with Gasteiger partial charge in [0.15, 0.2) is 0 Å². The number of aryl methyl sites for hydroxylation is 1. The van der Waals surface area contributed by atoms with E-state index < -0.39 is 23.7 Å². The molecular weight excluding hydrogens is 466 g/mol. The predicted molar refractivity (Wildman–Crippen MR) is 113 cm³/mol. The Labute approximate surface area is 191 Å². The van der Waals surface area contributed by atoms with E-state index in [1.54, 1.807) is 17.7 Å². The van der Waals surface area contributed by atoms with Gasteiger partial charge < -0.3 is 9.84 Å². The van der Waals surface area contributed by atoms with E-state index in [0.717, 1.165) is 6.07 Å². The number of carboxylic acids is 1. The number of hydrogen-bond donors (Lipinski definition) is 1. The highest BCUT2D eigenvalue weighted by atomic mass is 35.5. The molecule has 3 aromatic rings. The van der Waals surface area contributed by atoms with Crippen molar-refractivity contribution in [3.05, 3.63) is 58.0 Å². The Morgan fingerprint density at radius 1 is 1.21 bits per heavy atom. The third kappa shape index (κ3) is 5.22. The number of nitrogens with zero attached hydrogens (tertiary/aromatic N) is 3. The van der Waals surface area contributed by atoms with E-state index in [2.05, 4.69) is 14.7 Å². The normalized spacial score (nSPS) is 15.8. The summed E-state index contributed by atoms with van der Waals surface area (Å²) in [5.74, 6) is -2.51. The molecule has 2 aromatic carbocycles. The maximum atomic E-state index is 14.3. The van der Waals surface area contributed by atoms with Crippen molar-refractivity contribution < 1.29 is 32.2 Å². The molecule has 0 unspecified atom stereocenters. The molecule has 11 heteroatoms. The van der Waals surface area contributed by atoms with Gasteiger partial charge in [0.1, 0.15) is 11.6 Å². The van der Waals surface area contributed by atoms with Crippen LogP contribution >= 0.6 is 11.6 Å². The fourth-order valence-electron chi connectivity index (χ4n) is 4.24. The summed E-state index contributed by atoms with van der Waals surface area (Å²) in [6.07, 6.45) is -3.42. The Hall–Kier alpha value is -2.85. The highest BCUT2D eigenvalue weighted by Gasteiger charge is 2.31. The predicted octanol–water partition coefficient (Wildman–Crippen LogP) is 5.57. The Morgan fingerprint density at radius 2 is 1.91 bits per heavy atom. The zero-order chi connectivity index (χ0) is 23.9. The Kier molecular flexibility index (Phi) is 6.24. The molecule has 0 atom stereocenters. The molecule has 0 radical (unpaired) electrons. The highest BCUT2D eigenvalue weighted by molar-refractivity contribution is 6.30. The lowest BCUT2D eigenvalue weighted by molar-refractivity contribution is -0.274. The minimum atomic E-state index is -4.80. The average Bonchev–Trinajstić information content (AvgIpc) is 3.01. The molecular formula is C22H20ClF4N3O3. The Morgan fingerprint density at radius 3 is 2.55 bits per heavy atom. The van der Waals surface area contributed by atoms with E-state index in [4.69, 9.17) is 16.7 Å².